The van der Waals surface area contributed by atoms with E-state index in [4.69, 9.17) is 5.11 Å². The molecular weight excluding hydrogens is 162 g/mol. The molecule has 1 nitrogen and oxygen atoms in total. The molecule has 0 aromatic rings. The van der Waals surface area contributed by atoms with Gasteiger partial charge in [0.2, 0.25) is 5.92 Å². The Bertz CT molecular complexity index is 181. The van der Waals surface area contributed by atoms with Crippen LogP contribution in [0.15, 0.2) is 0 Å². The van der Waals surface area contributed by atoms with Gasteiger partial charge in [0.25, 0.3) is 0 Å². The van der Waals surface area contributed by atoms with Gasteiger partial charge < -0.3 is 5.11 Å². The second-order valence-corrected chi connectivity index (χ2v) is 4.49. The maximum Gasteiger partial charge on any atom is 0.249 e. The number of aliphatic hydroxyl groups is 1. The van der Waals surface area contributed by atoms with Gasteiger partial charge in [0, 0.05) is 19.4 Å². The first kappa shape index (κ1) is 8.42. The van der Waals surface area contributed by atoms with Crippen LogP contribution in [-0.2, 0) is 0 Å². The highest BCUT2D eigenvalue weighted by Gasteiger charge is 2.55. The number of rotatable bonds is 1. The molecule has 1 spiro atoms. The molecule has 2 aliphatic carbocycles. The summed E-state index contributed by atoms with van der Waals surface area (Å²) in [5.41, 5.74) is -0.0743. The zero-order valence-corrected chi connectivity index (χ0v) is 7.02. The van der Waals surface area contributed by atoms with Crippen molar-refractivity contribution in [3.05, 3.63) is 0 Å². The van der Waals surface area contributed by atoms with E-state index in [1.165, 1.54) is 0 Å². The summed E-state index contributed by atoms with van der Waals surface area (Å²) in [5.74, 6) is -2.67. The standard InChI is InChI=1S/C9H14F2O/c10-9(11)4-7(5-12)3-8(6-9)1-2-8/h7,12H,1-6H2. The lowest BCUT2D eigenvalue weighted by molar-refractivity contribution is -0.0860. The van der Waals surface area contributed by atoms with E-state index in [1.54, 1.807) is 0 Å². The summed E-state index contributed by atoms with van der Waals surface area (Å²) in [6.07, 6.45) is 2.67. The van der Waals surface area contributed by atoms with E-state index in [-0.39, 0.29) is 30.8 Å². The lowest BCUT2D eigenvalue weighted by Gasteiger charge is -2.34. The van der Waals surface area contributed by atoms with Gasteiger partial charge in [-0.25, -0.2) is 8.78 Å². The number of aliphatic hydroxyl groups excluding tert-OH is 1. The molecule has 3 heteroatoms. The molecule has 1 N–H and O–H groups in total. The second-order valence-electron chi connectivity index (χ2n) is 4.49. The Hall–Kier alpha value is -0.180. The van der Waals surface area contributed by atoms with Gasteiger partial charge >= 0.3 is 0 Å². The molecule has 0 heterocycles. The molecule has 0 aliphatic heterocycles. The minimum atomic E-state index is -2.51. The van der Waals surface area contributed by atoms with Crippen LogP contribution in [0.4, 0.5) is 8.78 Å². The normalized spacial score (nSPS) is 36.8. The average Bonchev–Trinajstić information content (AvgIpc) is 2.65. The molecule has 2 saturated carbocycles. The first-order valence-electron chi connectivity index (χ1n) is 4.54. The SMILES string of the molecule is OCC1CC(F)(F)CC2(CC2)C1. The Labute approximate surface area is 70.8 Å². The minimum Gasteiger partial charge on any atom is -0.396 e. The van der Waals surface area contributed by atoms with Crippen LogP contribution < -0.4 is 0 Å². The molecule has 0 amide bonds. The zero-order chi connectivity index (χ0) is 8.82. The van der Waals surface area contributed by atoms with Crippen molar-refractivity contribution in [2.75, 3.05) is 6.61 Å². The zero-order valence-electron chi connectivity index (χ0n) is 7.02. The van der Waals surface area contributed by atoms with Crippen LogP contribution in [0.3, 0.4) is 0 Å². The molecule has 0 radical (unpaired) electrons. The number of halogens is 2. The van der Waals surface area contributed by atoms with Crippen molar-refractivity contribution in [1.29, 1.82) is 0 Å². The third kappa shape index (κ3) is 1.47. The van der Waals surface area contributed by atoms with Crippen molar-refractivity contribution in [2.45, 2.75) is 38.0 Å². The Morgan fingerprint density at radius 2 is 1.92 bits per heavy atom. The van der Waals surface area contributed by atoms with Gasteiger partial charge in [-0.15, -0.1) is 0 Å². The molecule has 2 aliphatic rings. The third-order valence-electron chi connectivity index (χ3n) is 3.16. The van der Waals surface area contributed by atoms with Crippen LogP contribution in [0.1, 0.15) is 32.1 Å². The molecule has 1 atom stereocenters. The molecule has 0 aromatic carbocycles. The fourth-order valence-corrected chi connectivity index (χ4v) is 2.49. The molecule has 70 valence electrons. The van der Waals surface area contributed by atoms with Crippen molar-refractivity contribution >= 4 is 0 Å². The van der Waals surface area contributed by atoms with Crippen LogP contribution in [0, 0.1) is 11.3 Å². The summed E-state index contributed by atoms with van der Waals surface area (Å²) in [6, 6.07) is 0. The van der Waals surface area contributed by atoms with Crippen LogP contribution in [-0.4, -0.2) is 17.6 Å². The lowest BCUT2D eigenvalue weighted by Crippen LogP contribution is -2.34. The maximum absolute atomic E-state index is 13.1. The topological polar surface area (TPSA) is 20.2 Å². The van der Waals surface area contributed by atoms with Gasteiger partial charge in [-0.1, -0.05) is 0 Å². The van der Waals surface area contributed by atoms with Gasteiger partial charge in [0.1, 0.15) is 0 Å². The predicted molar refractivity (Wildman–Crippen MR) is 41.0 cm³/mol. The minimum absolute atomic E-state index is 0.0660. The van der Waals surface area contributed by atoms with E-state index in [0.29, 0.717) is 0 Å². The molecule has 0 bridgehead atoms. The first-order valence-corrected chi connectivity index (χ1v) is 4.54. The number of alkyl halides is 2. The van der Waals surface area contributed by atoms with E-state index < -0.39 is 5.92 Å². The molecule has 2 rings (SSSR count). The van der Waals surface area contributed by atoms with E-state index in [2.05, 4.69) is 0 Å². The van der Waals surface area contributed by atoms with Crippen molar-refractivity contribution in [2.24, 2.45) is 11.3 Å². The highest BCUT2D eigenvalue weighted by molar-refractivity contribution is 5.01. The van der Waals surface area contributed by atoms with Gasteiger partial charge in [-0.05, 0) is 30.6 Å². The first-order chi connectivity index (χ1) is 5.55. The summed E-state index contributed by atoms with van der Waals surface area (Å²) in [4.78, 5) is 0. The monoisotopic (exact) mass is 176 g/mol. The Morgan fingerprint density at radius 1 is 1.25 bits per heavy atom. The lowest BCUT2D eigenvalue weighted by atomic mass is 9.77. The average molecular weight is 176 g/mol. The Kier molecular flexibility index (Phi) is 1.69. The highest BCUT2D eigenvalue weighted by Crippen LogP contribution is 2.61. The smallest absolute Gasteiger partial charge is 0.249 e. The number of hydrogen-bond acceptors (Lipinski definition) is 1. The Balaban J connectivity index is 2.06. The van der Waals surface area contributed by atoms with E-state index in [9.17, 15) is 8.78 Å². The summed E-state index contributed by atoms with van der Waals surface area (Å²) >= 11 is 0. The summed E-state index contributed by atoms with van der Waals surface area (Å²) in [7, 11) is 0. The van der Waals surface area contributed by atoms with Crippen molar-refractivity contribution in [3.63, 3.8) is 0 Å². The highest BCUT2D eigenvalue weighted by atomic mass is 19.3. The summed E-state index contributed by atoms with van der Waals surface area (Å²) < 4.78 is 26.1. The fraction of sp³-hybridized carbons (Fsp3) is 1.00. The molecule has 12 heavy (non-hydrogen) atoms. The predicted octanol–water partition coefficient (Wildman–Crippen LogP) is 2.19. The molecule has 0 aromatic heterocycles. The molecule has 2 fully saturated rings. The van der Waals surface area contributed by atoms with Gasteiger partial charge in [0.05, 0.1) is 0 Å². The maximum atomic E-state index is 13.1. The van der Waals surface area contributed by atoms with Crippen molar-refractivity contribution < 1.29 is 13.9 Å². The Morgan fingerprint density at radius 3 is 2.42 bits per heavy atom. The van der Waals surface area contributed by atoms with E-state index >= 15 is 0 Å². The van der Waals surface area contributed by atoms with Gasteiger partial charge in [-0.3, -0.25) is 0 Å². The van der Waals surface area contributed by atoms with Crippen molar-refractivity contribution in [1.82, 2.24) is 0 Å². The van der Waals surface area contributed by atoms with E-state index in [0.717, 1.165) is 19.3 Å². The third-order valence-corrected chi connectivity index (χ3v) is 3.16. The molecule has 0 saturated heterocycles. The summed E-state index contributed by atoms with van der Waals surface area (Å²) in [5, 5.41) is 8.85. The van der Waals surface area contributed by atoms with E-state index in [1.807, 2.05) is 0 Å². The molecule has 1 unspecified atom stereocenters. The van der Waals surface area contributed by atoms with Crippen LogP contribution in [0.5, 0.6) is 0 Å². The molecular formula is C9H14F2O. The second kappa shape index (κ2) is 2.41. The van der Waals surface area contributed by atoms with Crippen molar-refractivity contribution in [3.8, 4) is 0 Å². The van der Waals surface area contributed by atoms with Gasteiger partial charge in [-0.2, -0.15) is 0 Å². The number of hydrogen-bond donors (Lipinski definition) is 1. The quantitative estimate of drug-likeness (QED) is 0.649. The fourth-order valence-electron chi connectivity index (χ4n) is 2.49. The van der Waals surface area contributed by atoms with Crippen LogP contribution >= 0.6 is 0 Å². The van der Waals surface area contributed by atoms with Crippen LogP contribution in [0.25, 0.3) is 0 Å². The van der Waals surface area contributed by atoms with Gasteiger partial charge in [0.15, 0.2) is 0 Å². The largest absolute Gasteiger partial charge is 0.396 e. The summed E-state index contributed by atoms with van der Waals surface area (Å²) in [6.45, 7) is -0.0721. The van der Waals surface area contributed by atoms with Crippen LogP contribution in [0.2, 0.25) is 0 Å².